The molecular formula is C16H16BrClFNO. The van der Waals surface area contributed by atoms with Crippen molar-refractivity contribution in [3.05, 3.63) is 62.3 Å². The molecule has 2 nitrogen and oxygen atoms in total. The van der Waals surface area contributed by atoms with Crippen molar-refractivity contribution in [1.29, 1.82) is 0 Å². The molecule has 0 amide bonds. The van der Waals surface area contributed by atoms with Gasteiger partial charge in [0.2, 0.25) is 0 Å². The second-order valence-electron chi connectivity index (χ2n) is 4.73. The van der Waals surface area contributed by atoms with Gasteiger partial charge in [-0.25, -0.2) is 4.39 Å². The first-order valence-corrected chi connectivity index (χ1v) is 7.61. The number of rotatable bonds is 4. The fourth-order valence-electron chi connectivity index (χ4n) is 2.45. The fraction of sp³-hybridized carbons (Fsp3) is 0.250. The van der Waals surface area contributed by atoms with Gasteiger partial charge < -0.3 is 10.1 Å². The van der Waals surface area contributed by atoms with E-state index in [0.717, 1.165) is 21.2 Å². The SMILES string of the molecule is CNC(c1ccc(F)cc1C)c1cc(Cl)cc(Br)c1OC. The molecule has 1 atom stereocenters. The lowest BCUT2D eigenvalue weighted by Gasteiger charge is -2.22. The molecule has 0 radical (unpaired) electrons. The summed E-state index contributed by atoms with van der Waals surface area (Å²) in [6, 6.07) is 8.25. The van der Waals surface area contributed by atoms with Gasteiger partial charge in [-0.05, 0) is 65.3 Å². The lowest BCUT2D eigenvalue weighted by atomic mass is 9.94. The molecule has 0 aliphatic heterocycles. The molecule has 0 aliphatic rings. The standard InChI is InChI=1S/C16H16BrClFNO/c1-9-6-11(19)4-5-12(9)15(20-2)13-7-10(18)8-14(17)16(13)21-3/h4-8,15,20H,1-3H3. The van der Waals surface area contributed by atoms with Gasteiger partial charge in [0.15, 0.2) is 0 Å². The zero-order valence-electron chi connectivity index (χ0n) is 12.0. The first-order valence-electron chi connectivity index (χ1n) is 6.44. The number of aryl methyl sites for hydroxylation is 1. The normalized spacial score (nSPS) is 12.3. The Balaban J connectivity index is 2.61. The number of halogens is 3. The van der Waals surface area contributed by atoms with Crippen LogP contribution in [-0.2, 0) is 0 Å². The van der Waals surface area contributed by atoms with Crippen molar-refractivity contribution in [2.75, 3.05) is 14.2 Å². The summed E-state index contributed by atoms with van der Waals surface area (Å²) in [5.41, 5.74) is 2.74. The number of benzene rings is 2. The molecule has 0 saturated carbocycles. The van der Waals surface area contributed by atoms with Crippen LogP contribution in [0, 0.1) is 12.7 Å². The van der Waals surface area contributed by atoms with Gasteiger partial charge in [0, 0.05) is 10.6 Å². The molecule has 1 N–H and O–H groups in total. The predicted octanol–water partition coefficient (Wildman–Crippen LogP) is 4.87. The van der Waals surface area contributed by atoms with E-state index in [-0.39, 0.29) is 11.9 Å². The van der Waals surface area contributed by atoms with Crippen molar-refractivity contribution < 1.29 is 9.13 Å². The summed E-state index contributed by atoms with van der Waals surface area (Å²) in [6.45, 7) is 1.88. The molecule has 112 valence electrons. The van der Waals surface area contributed by atoms with Crippen LogP contribution >= 0.6 is 27.5 Å². The average molecular weight is 373 g/mol. The van der Waals surface area contributed by atoms with Crippen molar-refractivity contribution in [2.45, 2.75) is 13.0 Å². The van der Waals surface area contributed by atoms with Crippen LogP contribution in [0.2, 0.25) is 5.02 Å². The quantitative estimate of drug-likeness (QED) is 0.827. The highest BCUT2D eigenvalue weighted by Crippen LogP contribution is 2.38. The summed E-state index contributed by atoms with van der Waals surface area (Å²) < 4.78 is 19.6. The van der Waals surface area contributed by atoms with E-state index < -0.39 is 0 Å². The molecule has 2 aromatic carbocycles. The molecule has 0 heterocycles. The molecule has 0 aromatic heterocycles. The number of ether oxygens (including phenoxy) is 1. The van der Waals surface area contributed by atoms with Crippen LogP contribution in [0.3, 0.4) is 0 Å². The molecule has 0 spiro atoms. The second kappa shape index (κ2) is 6.77. The third kappa shape index (κ3) is 3.39. The maximum atomic E-state index is 13.3. The van der Waals surface area contributed by atoms with Crippen LogP contribution < -0.4 is 10.1 Å². The topological polar surface area (TPSA) is 21.3 Å². The minimum Gasteiger partial charge on any atom is -0.495 e. The second-order valence-corrected chi connectivity index (χ2v) is 6.02. The van der Waals surface area contributed by atoms with Crippen molar-refractivity contribution >= 4 is 27.5 Å². The summed E-state index contributed by atoms with van der Waals surface area (Å²) in [5, 5.41) is 3.85. The van der Waals surface area contributed by atoms with E-state index in [1.165, 1.54) is 12.1 Å². The Labute approximate surface area is 137 Å². The summed E-state index contributed by atoms with van der Waals surface area (Å²) in [4.78, 5) is 0. The monoisotopic (exact) mass is 371 g/mol. The maximum Gasteiger partial charge on any atom is 0.138 e. The van der Waals surface area contributed by atoms with Gasteiger partial charge in [0.1, 0.15) is 11.6 Å². The fourth-order valence-corrected chi connectivity index (χ4v) is 3.45. The van der Waals surface area contributed by atoms with Gasteiger partial charge >= 0.3 is 0 Å². The van der Waals surface area contributed by atoms with Gasteiger partial charge in [-0.1, -0.05) is 17.7 Å². The Bertz CT molecular complexity index is 663. The van der Waals surface area contributed by atoms with E-state index in [9.17, 15) is 4.39 Å². The lowest BCUT2D eigenvalue weighted by Crippen LogP contribution is -2.19. The molecule has 0 saturated heterocycles. The van der Waals surface area contributed by atoms with Crippen LogP contribution in [0.4, 0.5) is 4.39 Å². The molecular weight excluding hydrogens is 357 g/mol. The molecule has 0 aliphatic carbocycles. The Morgan fingerprint density at radius 2 is 1.95 bits per heavy atom. The van der Waals surface area contributed by atoms with Crippen molar-refractivity contribution in [3.63, 3.8) is 0 Å². The first kappa shape index (κ1) is 16.3. The Morgan fingerprint density at radius 1 is 1.24 bits per heavy atom. The van der Waals surface area contributed by atoms with Gasteiger partial charge in [0.05, 0.1) is 17.6 Å². The van der Waals surface area contributed by atoms with Gasteiger partial charge in [-0.15, -0.1) is 0 Å². The molecule has 0 fully saturated rings. The number of hydrogen-bond acceptors (Lipinski definition) is 2. The van der Waals surface area contributed by atoms with Gasteiger partial charge in [0.25, 0.3) is 0 Å². The van der Waals surface area contributed by atoms with Crippen LogP contribution in [0.25, 0.3) is 0 Å². The van der Waals surface area contributed by atoms with E-state index in [2.05, 4.69) is 21.2 Å². The molecule has 2 rings (SSSR count). The van der Waals surface area contributed by atoms with Crippen LogP contribution in [0.1, 0.15) is 22.7 Å². The van der Waals surface area contributed by atoms with E-state index >= 15 is 0 Å². The molecule has 5 heteroatoms. The number of methoxy groups -OCH3 is 1. The largest absolute Gasteiger partial charge is 0.495 e. The minimum atomic E-state index is -0.245. The van der Waals surface area contributed by atoms with Crippen molar-refractivity contribution in [1.82, 2.24) is 5.32 Å². The lowest BCUT2D eigenvalue weighted by molar-refractivity contribution is 0.402. The van der Waals surface area contributed by atoms with Gasteiger partial charge in [-0.3, -0.25) is 0 Å². The third-order valence-corrected chi connectivity index (χ3v) is 4.19. The summed E-state index contributed by atoms with van der Waals surface area (Å²) in [7, 11) is 3.46. The third-order valence-electron chi connectivity index (χ3n) is 3.38. The smallest absolute Gasteiger partial charge is 0.138 e. The van der Waals surface area contributed by atoms with E-state index in [0.29, 0.717) is 10.8 Å². The maximum absolute atomic E-state index is 13.3. The molecule has 21 heavy (non-hydrogen) atoms. The van der Waals surface area contributed by atoms with Crippen LogP contribution in [0.15, 0.2) is 34.8 Å². The predicted molar refractivity (Wildman–Crippen MR) is 87.7 cm³/mol. The Morgan fingerprint density at radius 3 is 2.52 bits per heavy atom. The molecule has 0 bridgehead atoms. The average Bonchev–Trinajstić information content (AvgIpc) is 2.41. The summed E-state index contributed by atoms with van der Waals surface area (Å²) in [5.74, 6) is 0.466. The van der Waals surface area contributed by atoms with Crippen LogP contribution in [0.5, 0.6) is 5.75 Å². The highest BCUT2D eigenvalue weighted by Gasteiger charge is 2.21. The Kier molecular flexibility index (Phi) is 5.25. The van der Waals surface area contributed by atoms with Crippen molar-refractivity contribution in [3.8, 4) is 5.75 Å². The first-order chi connectivity index (χ1) is 9.97. The Hall–Kier alpha value is -1.10. The van der Waals surface area contributed by atoms with Crippen molar-refractivity contribution in [2.24, 2.45) is 0 Å². The number of hydrogen-bond donors (Lipinski definition) is 1. The zero-order chi connectivity index (χ0) is 15.6. The minimum absolute atomic E-state index is 0.143. The van der Waals surface area contributed by atoms with E-state index in [4.69, 9.17) is 16.3 Å². The molecule has 1 unspecified atom stereocenters. The number of nitrogens with one attached hydrogen (secondary N) is 1. The van der Waals surface area contributed by atoms with Gasteiger partial charge in [-0.2, -0.15) is 0 Å². The highest BCUT2D eigenvalue weighted by molar-refractivity contribution is 9.10. The summed E-state index contributed by atoms with van der Waals surface area (Å²) in [6.07, 6.45) is 0. The molecule has 2 aromatic rings. The van der Waals surface area contributed by atoms with E-state index in [1.54, 1.807) is 19.2 Å². The van der Waals surface area contributed by atoms with Crippen LogP contribution in [-0.4, -0.2) is 14.2 Å². The van der Waals surface area contributed by atoms with E-state index in [1.807, 2.05) is 20.0 Å². The zero-order valence-corrected chi connectivity index (χ0v) is 14.3. The summed E-state index contributed by atoms with van der Waals surface area (Å²) >= 11 is 9.62. The highest BCUT2D eigenvalue weighted by atomic mass is 79.9.